The Morgan fingerprint density at radius 2 is 2.19 bits per heavy atom. The zero-order valence-corrected chi connectivity index (χ0v) is 9.14. The number of benzene rings is 1. The van der Waals surface area contributed by atoms with Crippen LogP contribution in [0, 0.1) is 6.92 Å². The molecule has 0 radical (unpaired) electrons. The molecule has 0 unspecified atom stereocenters. The number of hydrogen-bond acceptors (Lipinski definition) is 3. The third kappa shape index (κ3) is 1.31. The lowest BCUT2D eigenvalue weighted by atomic mass is 10.1. The molecule has 2 heterocycles. The van der Waals surface area contributed by atoms with Crippen molar-refractivity contribution in [2.24, 2.45) is 7.05 Å². The van der Waals surface area contributed by atoms with E-state index in [0.29, 0.717) is 0 Å². The van der Waals surface area contributed by atoms with Crippen LogP contribution in [0.5, 0.6) is 0 Å². The van der Waals surface area contributed by atoms with Gasteiger partial charge in [-0.05, 0) is 13.0 Å². The number of aryl methyl sites for hydroxylation is 2. The van der Waals surface area contributed by atoms with Crippen LogP contribution in [0.2, 0.25) is 0 Å². The molecule has 0 fully saturated rings. The molecule has 4 heteroatoms. The van der Waals surface area contributed by atoms with Crippen LogP contribution in [0.25, 0.3) is 22.2 Å². The molecule has 0 saturated heterocycles. The van der Waals surface area contributed by atoms with Crippen LogP contribution in [0.4, 0.5) is 0 Å². The first-order valence-electron chi connectivity index (χ1n) is 5.10. The normalized spacial score (nSPS) is 11.1. The Labute approximate surface area is 92.5 Å². The monoisotopic (exact) mass is 213 g/mol. The van der Waals surface area contributed by atoms with Gasteiger partial charge in [-0.3, -0.25) is 4.68 Å². The van der Waals surface area contributed by atoms with E-state index in [0.717, 1.165) is 27.9 Å². The molecule has 3 aromatic rings. The van der Waals surface area contributed by atoms with E-state index < -0.39 is 0 Å². The van der Waals surface area contributed by atoms with Gasteiger partial charge in [0.1, 0.15) is 5.52 Å². The van der Waals surface area contributed by atoms with Gasteiger partial charge in [0, 0.05) is 30.3 Å². The van der Waals surface area contributed by atoms with Gasteiger partial charge in [0.05, 0.1) is 5.69 Å². The van der Waals surface area contributed by atoms with Gasteiger partial charge in [0.25, 0.3) is 0 Å². The van der Waals surface area contributed by atoms with Gasteiger partial charge in [-0.2, -0.15) is 5.10 Å². The molecule has 0 saturated carbocycles. The van der Waals surface area contributed by atoms with Gasteiger partial charge in [-0.15, -0.1) is 0 Å². The summed E-state index contributed by atoms with van der Waals surface area (Å²) in [7, 11) is 1.91. The Kier molecular flexibility index (Phi) is 1.83. The highest BCUT2D eigenvalue weighted by molar-refractivity contribution is 5.91. The van der Waals surface area contributed by atoms with E-state index in [1.807, 2.05) is 44.4 Å². The lowest BCUT2D eigenvalue weighted by Gasteiger charge is -1.95. The Hall–Kier alpha value is -2.10. The minimum atomic E-state index is 0.766. The molecular formula is C12H11N3O. The fourth-order valence-corrected chi connectivity index (χ4v) is 1.85. The van der Waals surface area contributed by atoms with Crippen LogP contribution in [0.3, 0.4) is 0 Å². The summed E-state index contributed by atoms with van der Waals surface area (Å²) in [6.45, 7) is 1.91. The summed E-state index contributed by atoms with van der Waals surface area (Å²) in [5, 5.41) is 9.43. The molecule has 0 aliphatic heterocycles. The molecule has 3 rings (SSSR count). The summed E-state index contributed by atoms with van der Waals surface area (Å²) in [6.07, 6.45) is 1.99. The van der Waals surface area contributed by atoms with Gasteiger partial charge in [-0.1, -0.05) is 17.3 Å². The van der Waals surface area contributed by atoms with Crippen LogP contribution in [-0.4, -0.2) is 14.9 Å². The summed E-state index contributed by atoms with van der Waals surface area (Å²) >= 11 is 0. The van der Waals surface area contributed by atoms with E-state index in [-0.39, 0.29) is 0 Å². The van der Waals surface area contributed by atoms with Gasteiger partial charge >= 0.3 is 0 Å². The molecule has 1 aromatic carbocycles. The van der Waals surface area contributed by atoms with Crippen LogP contribution in [0.1, 0.15) is 5.69 Å². The Bertz CT molecular complexity index is 651. The first-order chi connectivity index (χ1) is 7.74. The topological polar surface area (TPSA) is 43.9 Å². The molecular weight excluding hydrogens is 202 g/mol. The SMILES string of the molecule is Cc1cc(-c2cccc3cn(C)nc23)on1. The molecule has 0 amide bonds. The van der Waals surface area contributed by atoms with Gasteiger partial charge in [0.2, 0.25) is 0 Å². The molecule has 80 valence electrons. The molecule has 0 N–H and O–H groups in total. The summed E-state index contributed by atoms with van der Waals surface area (Å²) in [4.78, 5) is 0. The molecule has 2 aromatic heterocycles. The highest BCUT2D eigenvalue weighted by atomic mass is 16.5. The Balaban J connectivity index is 2.30. The van der Waals surface area contributed by atoms with Crippen molar-refractivity contribution in [3.63, 3.8) is 0 Å². The van der Waals surface area contributed by atoms with Gasteiger partial charge < -0.3 is 4.52 Å². The standard InChI is InChI=1S/C12H11N3O/c1-8-6-11(16-14-8)10-5-3-4-9-7-15(2)13-12(9)10/h3-7H,1-2H3. The van der Waals surface area contributed by atoms with Crippen LogP contribution in [-0.2, 0) is 7.05 Å². The van der Waals surface area contributed by atoms with E-state index in [1.165, 1.54) is 0 Å². The van der Waals surface area contributed by atoms with Crippen molar-refractivity contribution in [2.75, 3.05) is 0 Å². The fraction of sp³-hybridized carbons (Fsp3) is 0.167. The second-order valence-corrected chi connectivity index (χ2v) is 3.88. The molecule has 0 aliphatic carbocycles. The summed E-state index contributed by atoms with van der Waals surface area (Å²) < 4.78 is 7.07. The third-order valence-corrected chi connectivity index (χ3v) is 2.54. The highest BCUT2D eigenvalue weighted by Gasteiger charge is 2.10. The predicted octanol–water partition coefficient (Wildman–Crippen LogP) is 2.54. The maximum Gasteiger partial charge on any atom is 0.169 e. The molecule has 16 heavy (non-hydrogen) atoms. The number of fused-ring (bicyclic) bond motifs is 1. The maximum absolute atomic E-state index is 5.27. The van der Waals surface area contributed by atoms with Gasteiger partial charge in [-0.25, -0.2) is 0 Å². The van der Waals surface area contributed by atoms with E-state index in [1.54, 1.807) is 4.68 Å². The molecule has 0 aliphatic rings. The molecule has 0 bridgehead atoms. The maximum atomic E-state index is 5.27. The highest BCUT2D eigenvalue weighted by Crippen LogP contribution is 2.27. The van der Waals surface area contributed by atoms with Crippen molar-refractivity contribution in [2.45, 2.75) is 6.92 Å². The Morgan fingerprint density at radius 3 is 2.94 bits per heavy atom. The Morgan fingerprint density at radius 1 is 1.31 bits per heavy atom. The van der Waals surface area contributed by atoms with Crippen molar-refractivity contribution < 1.29 is 4.52 Å². The van der Waals surface area contributed by atoms with Crippen molar-refractivity contribution in [3.8, 4) is 11.3 Å². The fourth-order valence-electron chi connectivity index (χ4n) is 1.85. The third-order valence-electron chi connectivity index (χ3n) is 2.54. The van der Waals surface area contributed by atoms with Crippen LogP contribution >= 0.6 is 0 Å². The van der Waals surface area contributed by atoms with Gasteiger partial charge in [0.15, 0.2) is 5.76 Å². The number of rotatable bonds is 1. The van der Waals surface area contributed by atoms with E-state index in [9.17, 15) is 0 Å². The van der Waals surface area contributed by atoms with Crippen molar-refractivity contribution >= 4 is 10.9 Å². The first-order valence-corrected chi connectivity index (χ1v) is 5.10. The van der Waals surface area contributed by atoms with Crippen LogP contribution in [0.15, 0.2) is 35.0 Å². The van der Waals surface area contributed by atoms with E-state index >= 15 is 0 Å². The zero-order valence-electron chi connectivity index (χ0n) is 9.14. The molecule has 0 spiro atoms. The summed E-state index contributed by atoms with van der Waals surface area (Å²) in [6, 6.07) is 7.95. The summed E-state index contributed by atoms with van der Waals surface area (Å²) in [5.41, 5.74) is 2.81. The number of aromatic nitrogens is 3. The largest absolute Gasteiger partial charge is 0.356 e. The molecule has 4 nitrogen and oxygen atoms in total. The average Bonchev–Trinajstić information content (AvgIpc) is 2.82. The zero-order chi connectivity index (χ0) is 11.1. The number of nitrogens with zero attached hydrogens (tertiary/aromatic N) is 3. The quantitative estimate of drug-likeness (QED) is 0.624. The van der Waals surface area contributed by atoms with Crippen molar-refractivity contribution in [3.05, 3.63) is 36.2 Å². The second kappa shape index (κ2) is 3.20. The summed E-state index contributed by atoms with van der Waals surface area (Å²) in [5.74, 6) is 0.766. The van der Waals surface area contributed by atoms with E-state index in [2.05, 4.69) is 10.3 Å². The lowest BCUT2D eigenvalue weighted by Crippen LogP contribution is -1.86. The minimum Gasteiger partial charge on any atom is -0.356 e. The molecule has 0 atom stereocenters. The van der Waals surface area contributed by atoms with E-state index in [4.69, 9.17) is 4.52 Å². The second-order valence-electron chi connectivity index (χ2n) is 3.88. The van der Waals surface area contributed by atoms with Crippen molar-refractivity contribution in [1.82, 2.24) is 14.9 Å². The number of hydrogen-bond donors (Lipinski definition) is 0. The van der Waals surface area contributed by atoms with Crippen LogP contribution < -0.4 is 0 Å². The van der Waals surface area contributed by atoms with Crippen molar-refractivity contribution in [1.29, 1.82) is 0 Å². The smallest absolute Gasteiger partial charge is 0.169 e. The minimum absolute atomic E-state index is 0.766. The average molecular weight is 213 g/mol. The first kappa shape index (κ1) is 9.15. The lowest BCUT2D eigenvalue weighted by molar-refractivity contribution is 0.427. The predicted molar refractivity (Wildman–Crippen MR) is 60.9 cm³/mol.